The largest absolute Gasteiger partial charge is 0.383 e. The molecule has 0 spiro atoms. The Morgan fingerprint density at radius 2 is 1.95 bits per heavy atom. The molecule has 1 unspecified atom stereocenters. The van der Waals surface area contributed by atoms with Gasteiger partial charge in [-0.2, -0.15) is 0 Å². The third-order valence-electron chi connectivity index (χ3n) is 3.72. The lowest BCUT2D eigenvalue weighted by Gasteiger charge is -2.34. The van der Waals surface area contributed by atoms with Crippen molar-refractivity contribution in [1.29, 1.82) is 0 Å². The maximum absolute atomic E-state index is 12.2. The average molecular weight is 333 g/mol. The molecule has 4 nitrogen and oxygen atoms in total. The summed E-state index contributed by atoms with van der Waals surface area (Å²) >= 11 is 12.1. The van der Waals surface area contributed by atoms with E-state index in [9.17, 15) is 4.79 Å². The van der Waals surface area contributed by atoms with Crippen molar-refractivity contribution in [3.63, 3.8) is 0 Å². The third kappa shape index (κ3) is 4.33. The Kier molecular flexibility index (Phi) is 6.94. The molecule has 118 valence electrons. The van der Waals surface area contributed by atoms with Crippen molar-refractivity contribution in [1.82, 2.24) is 5.32 Å². The van der Waals surface area contributed by atoms with Gasteiger partial charge in [-0.15, -0.1) is 0 Å². The Labute approximate surface area is 135 Å². The van der Waals surface area contributed by atoms with E-state index in [0.717, 1.165) is 5.56 Å². The number of amides is 1. The van der Waals surface area contributed by atoms with Crippen molar-refractivity contribution in [3.05, 3.63) is 33.8 Å². The van der Waals surface area contributed by atoms with Crippen LogP contribution in [0, 0.1) is 0 Å². The van der Waals surface area contributed by atoms with Crippen molar-refractivity contribution >= 4 is 29.1 Å². The smallest absolute Gasteiger partial charge is 0.239 e. The highest BCUT2D eigenvalue weighted by atomic mass is 35.5. The molecule has 0 saturated carbocycles. The van der Waals surface area contributed by atoms with E-state index in [1.807, 2.05) is 19.9 Å². The van der Waals surface area contributed by atoms with Crippen LogP contribution in [0.3, 0.4) is 0 Å². The minimum atomic E-state index is -0.699. The van der Waals surface area contributed by atoms with Gasteiger partial charge in [-0.25, -0.2) is 0 Å². The summed E-state index contributed by atoms with van der Waals surface area (Å²) in [6, 6.07) is 4.71. The lowest BCUT2D eigenvalue weighted by Crippen LogP contribution is -2.52. The Morgan fingerprint density at radius 3 is 2.43 bits per heavy atom. The number of halogens is 2. The Morgan fingerprint density at radius 1 is 1.33 bits per heavy atom. The van der Waals surface area contributed by atoms with Gasteiger partial charge in [0.05, 0.1) is 22.2 Å². The van der Waals surface area contributed by atoms with E-state index in [1.54, 1.807) is 12.1 Å². The summed E-state index contributed by atoms with van der Waals surface area (Å²) in [4.78, 5) is 12.2. The van der Waals surface area contributed by atoms with Crippen molar-refractivity contribution in [2.24, 2.45) is 5.73 Å². The van der Waals surface area contributed by atoms with Gasteiger partial charge in [0.1, 0.15) is 6.04 Å². The van der Waals surface area contributed by atoms with Gasteiger partial charge in [-0.1, -0.05) is 43.1 Å². The fourth-order valence-electron chi connectivity index (χ4n) is 2.28. The Balaban J connectivity index is 3.07. The monoisotopic (exact) mass is 332 g/mol. The van der Waals surface area contributed by atoms with E-state index in [4.69, 9.17) is 33.7 Å². The fraction of sp³-hybridized carbons (Fsp3) is 0.533. The topological polar surface area (TPSA) is 64.4 Å². The molecule has 0 aromatic heterocycles. The minimum Gasteiger partial charge on any atom is -0.383 e. The molecule has 0 aliphatic rings. The lowest BCUT2D eigenvalue weighted by atomic mass is 9.84. The number of hydrogen-bond donors (Lipinski definition) is 2. The molecule has 1 aromatic rings. The van der Waals surface area contributed by atoms with E-state index < -0.39 is 11.6 Å². The number of benzene rings is 1. The first-order valence-electron chi connectivity index (χ1n) is 6.92. The van der Waals surface area contributed by atoms with Crippen LogP contribution in [0.5, 0.6) is 0 Å². The van der Waals surface area contributed by atoms with Crippen molar-refractivity contribution in [3.8, 4) is 0 Å². The maximum Gasteiger partial charge on any atom is 0.239 e. The van der Waals surface area contributed by atoms with Crippen molar-refractivity contribution < 1.29 is 9.53 Å². The minimum absolute atomic E-state index is 0.177. The van der Waals surface area contributed by atoms with Crippen LogP contribution in [-0.4, -0.2) is 25.7 Å². The zero-order valence-corrected chi connectivity index (χ0v) is 14.1. The molecular weight excluding hydrogens is 311 g/mol. The van der Waals surface area contributed by atoms with Crippen LogP contribution in [-0.2, 0) is 15.1 Å². The van der Waals surface area contributed by atoms with Gasteiger partial charge in [0.15, 0.2) is 0 Å². The number of nitrogens with one attached hydrogen (secondary N) is 1. The molecular formula is C15H22Cl2N2O2. The van der Waals surface area contributed by atoms with Crippen molar-refractivity contribution in [2.45, 2.75) is 38.3 Å². The Hall–Kier alpha value is -0.810. The van der Waals surface area contributed by atoms with Gasteiger partial charge in [-0.05, 0) is 30.5 Å². The van der Waals surface area contributed by atoms with Gasteiger partial charge in [0.25, 0.3) is 0 Å². The SMILES string of the molecule is CCC(CC)(NC(=O)C(N)COC)c1ccc(Cl)c(Cl)c1. The number of carbonyl (C=O) groups excluding carboxylic acids is 1. The number of nitrogens with two attached hydrogens (primary N) is 1. The quantitative estimate of drug-likeness (QED) is 0.806. The van der Waals surface area contributed by atoms with Crippen LogP contribution >= 0.6 is 23.2 Å². The molecule has 0 heterocycles. The molecule has 0 saturated heterocycles. The van der Waals surface area contributed by atoms with E-state index >= 15 is 0 Å². The van der Waals surface area contributed by atoms with Gasteiger partial charge < -0.3 is 15.8 Å². The van der Waals surface area contributed by atoms with Gasteiger partial charge >= 0.3 is 0 Å². The Bertz CT molecular complexity index is 491. The van der Waals surface area contributed by atoms with Crippen LogP contribution in [0.15, 0.2) is 18.2 Å². The highest BCUT2D eigenvalue weighted by molar-refractivity contribution is 6.42. The number of carbonyl (C=O) groups is 1. The number of methoxy groups -OCH3 is 1. The summed E-state index contributed by atoms with van der Waals surface area (Å²) < 4.78 is 4.92. The average Bonchev–Trinajstić information content (AvgIpc) is 2.48. The molecule has 21 heavy (non-hydrogen) atoms. The second kappa shape index (κ2) is 7.99. The van der Waals surface area contributed by atoms with Gasteiger partial charge in [-0.3, -0.25) is 4.79 Å². The van der Waals surface area contributed by atoms with Crippen LogP contribution in [0.2, 0.25) is 10.0 Å². The fourth-order valence-corrected chi connectivity index (χ4v) is 2.58. The summed E-state index contributed by atoms with van der Waals surface area (Å²) in [6.07, 6.45) is 1.43. The molecule has 3 N–H and O–H groups in total. The molecule has 1 atom stereocenters. The van der Waals surface area contributed by atoms with E-state index in [2.05, 4.69) is 5.32 Å². The van der Waals surface area contributed by atoms with E-state index in [0.29, 0.717) is 22.9 Å². The normalized spacial score (nSPS) is 13.0. The number of rotatable bonds is 7. The predicted octanol–water partition coefficient (Wildman–Crippen LogP) is 3.10. The molecule has 1 amide bonds. The molecule has 0 radical (unpaired) electrons. The maximum atomic E-state index is 12.2. The number of ether oxygens (including phenoxy) is 1. The first kappa shape index (κ1) is 18.2. The third-order valence-corrected chi connectivity index (χ3v) is 4.46. The summed E-state index contributed by atoms with van der Waals surface area (Å²) in [6.45, 7) is 4.19. The van der Waals surface area contributed by atoms with E-state index in [1.165, 1.54) is 7.11 Å². The highest BCUT2D eigenvalue weighted by Crippen LogP contribution is 2.33. The van der Waals surface area contributed by atoms with Crippen LogP contribution < -0.4 is 11.1 Å². The second-order valence-electron chi connectivity index (χ2n) is 4.97. The summed E-state index contributed by atoms with van der Waals surface area (Å²) in [5.74, 6) is -0.244. The van der Waals surface area contributed by atoms with Gasteiger partial charge in [0, 0.05) is 7.11 Å². The van der Waals surface area contributed by atoms with Crippen molar-refractivity contribution in [2.75, 3.05) is 13.7 Å². The molecule has 1 rings (SSSR count). The van der Waals surface area contributed by atoms with Crippen LogP contribution in [0.25, 0.3) is 0 Å². The highest BCUT2D eigenvalue weighted by Gasteiger charge is 2.32. The summed E-state index contributed by atoms with van der Waals surface area (Å²) in [5, 5.41) is 3.99. The van der Waals surface area contributed by atoms with Crippen LogP contribution in [0.1, 0.15) is 32.3 Å². The summed E-state index contributed by atoms with van der Waals surface area (Å²) in [5.41, 5.74) is 6.19. The first-order valence-corrected chi connectivity index (χ1v) is 7.67. The van der Waals surface area contributed by atoms with Crippen LogP contribution in [0.4, 0.5) is 0 Å². The second-order valence-corrected chi connectivity index (χ2v) is 5.78. The molecule has 6 heteroatoms. The molecule has 0 aliphatic heterocycles. The summed E-state index contributed by atoms with van der Waals surface area (Å²) in [7, 11) is 1.51. The molecule has 0 fully saturated rings. The lowest BCUT2D eigenvalue weighted by molar-refractivity contribution is -0.125. The molecule has 0 aliphatic carbocycles. The molecule has 1 aromatic carbocycles. The zero-order valence-electron chi connectivity index (χ0n) is 12.6. The predicted molar refractivity (Wildman–Crippen MR) is 86.7 cm³/mol. The standard InChI is InChI=1S/C15H22Cl2N2O2/c1-4-15(5-2,19-14(20)13(18)9-21-3)10-6-7-11(16)12(17)8-10/h6-8,13H,4-5,9,18H2,1-3H3,(H,19,20). The number of hydrogen-bond acceptors (Lipinski definition) is 3. The van der Waals surface area contributed by atoms with E-state index in [-0.39, 0.29) is 12.5 Å². The molecule has 0 bridgehead atoms. The first-order chi connectivity index (χ1) is 9.90. The zero-order chi connectivity index (χ0) is 16.0. The van der Waals surface area contributed by atoms with Gasteiger partial charge in [0.2, 0.25) is 5.91 Å².